The molecule has 0 aliphatic rings. The number of halogens is 3. The maximum absolute atomic E-state index is 14.2. The molecule has 2 nitrogen and oxygen atoms in total. The molecular weight excluding hydrogens is 301 g/mol. The van der Waals surface area contributed by atoms with Gasteiger partial charge in [-0.3, -0.25) is 0 Å². The number of hydrogen-bond acceptors (Lipinski definition) is 1. The van der Waals surface area contributed by atoms with E-state index in [1.165, 1.54) is 24.4 Å². The second-order valence-corrected chi connectivity index (χ2v) is 5.19. The van der Waals surface area contributed by atoms with Crippen molar-refractivity contribution < 1.29 is 13.2 Å². The Morgan fingerprint density at radius 2 is 1.35 bits per heavy atom. The summed E-state index contributed by atoms with van der Waals surface area (Å²) in [5.74, 6) is 0. The summed E-state index contributed by atoms with van der Waals surface area (Å²) in [6.45, 7) is 0. The topological polar surface area (TPSA) is 27.8 Å². The Morgan fingerprint density at radius 3 is 1.87 bits per heavy atom. The van der Waals surface area contributed by atoms with Crippen molar-refractivity contribution in [1.29, 1.82) is 0 Å². The fourth-order valence-electron chi connectivity index (χ4n) is 2.67. The highest BCUT2D eigenvalue weighted by atomic mass is 19.4. The Bertz CT molecular complexity index is 737. The first-order chi connectivity index (χ1) is 11.0. The lowest BCUT2D eigenvalue weighted by molar-refractivity contribution is -0.171. The van der Waals surface area contributed by atoms with E-state index in [0.717, 1.165) is 0 Å². The molecule has 2 aromatic carbocycles. The van der Waals surface area contributed by atoms with Crippen LogP contribution in [0.4, 0.5) is 18.9 Å². The number of alkyl halides is 3. The Labute approximate surface area is 132 Å². The molecule has 0 saturated carbocycles. The van der Waals surface area contributed by atoms with Crippen LogP contribution in [0.2, 0.25) is 0 Å². The molecule has 3 aromatic rings. The van der Waals surface area contributed by atoms with Gasteiger partial charge in [0.1, 0.15) is 0 Å². The Kier molecular flexibility index (Phi) is 3.86. The van der Waals surface area contributed by atoms with Gasteiger partial charge in [0.2, 0.25) is 0 Å². The van der Waals surface area contributed by atoms with E-state index in [1.54, 1.807) is 54.6 Å². The third-order valence-corrected chi connectivity index (χ3v) is 3.74. The van der Waals surface area contributed by atoms with Crippen molar-refractivity contribution in [3.8, 4) is 0 Å². The smallest absolute Gasteiger partial charge is 0.363 e. The Morgan fingerprint density at radius 1 is 0.739 bits per heavy atom. The van der Waals surface area contributed by atoms with Gasteiger partial charge < -0.3 is 10.3 Å². The summed E-state index contributed by atoms with van der Waals surface area (Å²) in [4.78, 5) is 2.72. The van der Waals surface area contributed by atoms with Crippen LogP contribution in [0.25, 0.3) is 0 Å². The molecule has 0 bridgehead atoms. The van der Waals surface area contributed by atoms with E-state index >= 15 is 0 Å². The van der Waals surface area contributed by atoms with E-state index in [0.29, 0.717) is 5.69 Å². The van der Waals surface area contributed by atoms with Crippen LogP contribution in [-0.4, -0.2) is 11.2 Å². The third kappa shape index (κ3) is 2.70. The summed E-state index contributed by atoms with van der Waals surface area (Å²) in [5, 5.41) is 2.69. The first-order valence-electron chi connectivity index (χ1n) is 7.13. The number of anilines is 1. The summed E-state index contributed by atoms with van der Waals surface area (Å²) in [7, 11) is 0. The molecule has 1 aromatic heterocycles. The number of hydrogen-bond donors (Lipinski definition) is 2. The summed E-state index contributed by atoms with van der Waals surface area (Å²) in [6, 6.07) is 19.2. The number of para-hydroxylation sites is 1. The number of aromatic amines is 1. The maximum atomic E-state index is 14.2. The highest BCUT2D eigenvalue weighted by Crippen LogP contribution is 2.46. The van der Waals surface area contributed by atoms with Gasteiger partial charge in [0.05, 0.1) is 5.69 Å². The van der Waals surface area contributed by atoms with E-state index in [4.69, 9.17) is 0 Å². The van der Waals surface area contributed by atoms with Crippen molar-refractivity contribution in [2.75, 3.05) is 5.32 Å². The van der Waals surface area contributed by atoms with Crippen LogP contribution in [0.1, 0.15) is 11.3 Å². The van der Waals surface area contributed by atoms with Gasteiger partial charge in [-0.2, -0.15) is 13.2 Å². The summed E-state index contributed by atoms with van der Waals surface area (Å²) in [5.41, 5.74) is -1.79. The van der Waals surface area contributed by atoms with Gasteiger partial charge in [-0.1, -0.05) is 48.5 Å². The molecule has 0 aliphatic carbocycles. The number of aromatic nitrogens is 1. The van der Waals surface area contributed by atoms with Gasteiger partial charge in [-0.05, 0) is 29.8 Å². The molecule has 5 heteroatoms. The van der Waals surface area contributed by atoms with E-state index in [9.17, 15) is 13.2 Å². The van der Waals surface area contributed by atoms with Crippen LogP contribution in [0.5, 0.6) is 0 Å². The summed E-state index contributed by atoms with van der Waals surface area (Å²) < 4.78 is 42.7. The summed E-state index contributed by atoms with van der Waals surface area (Å²) >= 11 is 0. The van der Waals surface area contributed by atoms with E-state index in [1.807, 2.05) is 0 Å². The molecule has 0 saturated heterocycles. The van der Waals surface area contributed by atoms with Crippen molar-refractivity contribution in [3.63, 3.8) is 0 Å². The van der Waals surface area contributed by atoms with E-state index < -0.39 is 11.7 Å². The molecule has 0 spiro atoms. The third-order valence-electron chi connectivity index (χ3n) is 3.74. The second kappa shape index (κ2) is 5.83. The molecule has 1 heterocycles. The first-order valence-corrected chi connectivity index (χ1v) is 7.13. The van der Waals surface area contributed by atoms with E-state index in [2.05, 4.69) is 10.3 Å². The maximum Gasteiger partial charge on any atom is 0.421 e. The minimum atomic E-state index is -4.55. The Balaban J connectivity index is 2.23. The molecule has 0 amide bonds. The van der Waals surface area contributed by atoms with Crippen LogP contribution >= 0.6 is 0 Å². The quantitative estimate of drug-likeness (QED) is 0.701. The minimum Gasteiger partial charge on any atom is -0.363 e. The van der Waals surface area contributed by atoms with E-state index in [-0.39, 0.29) is 11.3 Å². The van der Waals surface area contributed by atoms with Crippen molar-refractivity contribution in [2.24, 2.45) is 0 Å². The standard InChI is InChI=1S/C18H15F3N2/c19-18(20,21)17(16-12-7-13-22-16,14-8-3-1-4-9-14)23-15-10-5-2-6-11-15/h1-13,22-23H. The lowest BCUT2D eigenvalue weighted by Gasteiger charge is -2.37. The average molecular weight is 316 g/mol. The number of nitrogens with one attached hydrogen (secondary N) is 2. The molecular formula is C18H15F3N2. The highest BCUT2D eigenvalue weighted by Gasteiger charge is 2.58. The lowest BCUT2D eigenvalue weighted by Crippen LogP contribution is -2.50. The monoisotopic (exact) mass is 316 g/mol. The molecule has 3 rings (SSSR count). The van der Waals surface area contributed by atoms with Gasteiger partial charge >= 0.3 is 6.18 Å². The van der Waals surface area contributed by atoms with Crippen molar-refractivity contribution >= 4 is 5.69 Å². The van der Waals surface area contributed by atoms with Crippen LogP contribution < -0.4 is 5.32 Å². The highest BCUT2D eigenvalue weighted by molar-refractivity contribution is 5.53. The molecule has 118 valence electrons. The zero-order valence-electron chi connectivity index (χ0n) is 12.1. The minimum absolute atomic E-state index is 0.0417. The van der Waals surface area contributed by atoms with Crippen LogP contribution in [0.15, 0.2) is 79.0 Å². The molecule has 0 fully saturated rings. The van der Waals surface area contributed by atoms with Crippen LogP contribution in [0.3, 0.4) is 0 Å². The number of benzene rings is 2. The predicted molar refractivity (Wildman–Crippen MR) is 84.1 cm³/mol. The normalized spacial score (nSPS) is 14.2. The SMILES string of the molecule is FC(F)(F)C(Nc1ccccc1)(c1ccccc1)c1ccc[nH]1. The molecule has 23 heavy (non-hydrogen) atoms. The van der Waals surface area contributed by atoms with Crippen molar-refractivity contribution in [2.45, 2.75) is 11.7 Å². The first kappa shape index (κ1) is 15.2. The second-order valence-electron chi connectivity index (χ2n) is 5.19. The van der Waals surface area contributed by atoms with Crippen LogP contribution in [0, 0.1) is 0 Å². The number of H-pyrrole nitrogens is 1. The predicted octanol–water partition coefficient (Wildman–Crippen LogP) is 4.93. The van der Waals surface area contributed by atoms with Gasteiger partial charge in [0, 0.05) is 11.9 Å². The fraction of sp³-hybridized carbons (Fsp3) is 0.111. The van der Waals surface area contributed by atoms with Gasteiger partial charge in [-0.15, -0.1) is 0 Å². The van der Waals surface area contributed by atoms with Crippen LogP contribution in [-0.2, 0) is 5.54 Å². The van der Waals surface area contributed by atoms with Crippen molar-refractivity contribution in [3.05, 3.63) is 90.3 Å². The lowest BCUT2D eigenvalue weighted by atomic mass is 9.85. The van der Waals surface area contributed by atoms with Gasteiger partial charge in [-0.25, -0.2) is 0 Å². The zero-order valence-corrected chi connectivity index (χ0v) is 12.1. The fourth-order valence-corrected chi connectivity index (χ4v) is 2.67. The molecule has 1 unspecified atom stereocenters. The average Bonchev–Trinajstić information content (AvgIpc) is 3.08. The van der Waals surface area contributed by atoms with Crippen molar-refractivity contribution in [1.82, 2.24) is 4.98 Å². The number of rotatable bonds is 4. The summed E-state index contributed by atoms with van der Waals surface area (Å²) in [6.07, 6.45) is -3.06. The van der Waals surface area contributed by atoms with Gasteiger partial charge in [0.25, 0.3) is 0 Å². The van der Waals surface area contributed by atoms with Gasteiger partial charge in [0.15, 0.2) is 5.54 Å². The molecule has 1 atom stereocenters. The largest absolute Gasteiger partial charge is 0.421 e. The zero-order chi connectivity index (χ0) is 16.3. The molecule has 0 aliphatic heterocycles. The molecule has 0 radical (unpaired) electrons. The Hall–Kier alpha value is -2.69. The molecule has 2 N–H and O–H groups in total.